The van der Waals surface area contributed by atoms with Gasteiger partial charge in [-0.25, -0.2) is 0 Å². The fourth-order valence-corrected chi connectivity index (χ4v) is 3.46. The third-order valence-corrected chi connectivity index (χ3v) is 4.23. The van der Waals surface area contributed by atoms with E-state index >= 15 is 0 Å². The Morgan fingerprint density at radius 3 is 1.03 bits per heavy atom. The van der Waals surface area contributed by atoms with Gasteiger partial charge in [0.25, 0.3) is 0 Å². The van der Waals surface area contributed by atoms with Gasteiger partial charge >= 0.3 is 35.8 Å². The van der Waals surface area contributed by atoms with Crippen molar-refractivity contribution in [3.05, 3.63) is 0 Å². The first-order chi connectivity index (χ1) is 14.2. The van der Waals surface area contributed by atoms with E-state index in [1.807, 2.05) is 0 Å². The maximum atomic E-state index is 11.9. The highest BCUT2D eigenvalue weighted by atomic mass is 16.7. The van der Waals surface area contributed by atoms with Gasteiger partial charge in [-0.15, -0.1) is 0 Å². The first-order valence-corrected chi connectivity index (χ1v) is 9.24. The summed E-state index contributed by atoms with van der Waals surface area (Å²) in [6.45, 7) is 7.48. The summed E-state index contributed by atoms with van der Waals surface area (Å²) < 4.78 is 31.6. The van der Waals surface area contributed by atoms with Gasteiger partial charge in [0.05, 0.1) is 0 Å². The summed E-state index contributed by atoms with van der Waals surface area (Å²) in [7, 11) is 0. The summed E-state index contributed by atoms with van der Waals surface area (Å²) in [4.78, 5) is 70.9. The standard InChI is InChI=1S/C19H26O12/c1-8(20)26-14-15(27-9(2)21)17(29-11(4)23)19(7,31-13(6)25)18(30-12(5)24)16(14)28-10(3)22/h14-18H,1-7H3/t14?,15-,16-,17-,18-,19?/m1/s1. The summed E-state index contributed by atoms with van der Waals surface area (Å²) in [5.74, 6) is -5.19. The molecule has 1 fully saturated rings. The number of carbonyl (C=O) groups excluding carboxylic acids is 6. The Bertz CT molecular complexity index is 713. The predicted molar refractivity (Wildman–Crippen MR) is 97.9 cm³/mol. The Morgan fingerprint density at radius 1 is 0.484 bits per heavy atom. The first kappa shape index (κ1) is 25.9. The molecule has 0 bridgehead atoms. The third kappa shape index (κ3) is 6.66. The van der Waals surface area contributed by atoms with Crippen molar-refractivity contribution in [1.29, 1.82) is 0 Å². The molecule has 1 rings (SSSR count). The van der Waals surface area contributed by atoms with Gasteiger partial charge in [-0.1, -0.05) is 0 Å². The summed E-state index contributed by atoms with van der Waals surface area (Å²) >= 11 is 0. The third-order valence-electron chi connectivity index (χ3n) is 4.23. The highest BCUT2D eigenvalue weighted by Gasteiger charge is 2.67. The van der Waals surface area contributed by atoms with E-state index in [0.29, 0.717) is 0 Å². The second kappa shape index (κ2) is 10.2. The average Bonchev–Trinajstić information content (AvgIpc) is 2.56. The Hall–Kier alpha value is -3.18. The molecule has 0 radical (unpaired) electrons. The van der Waals surface area contributed by atoms with Crippen LogP contribution in [-0.2, 0) is 57.2 Å². The van der Waals surface area contributed by atoms with Gasteiger partial charge in [0.1, 0.15) is 0 Å². The number of esters is 6. The van der Waals surface area contributed by atoms with Crippen LogP contribution in [0.3, 0.4) is 0 Å². The molecule has 0 N–H and O–H groups in total. The fourth-order valence-electron chi connectivity index (χ4n) is 3.46. The van der Waals surface area contributed by atoms with Crippen molar-refractivity contribution in [1.82, 2.24) is 0 Å². The molecule has 0 spiro atoms. The molecule has 1 aliphatic rings. The highest BCUT2D eigenvalue weighted by Crippen LogP contribution is 2.41. The second-order valence-corrected chi connectivity index (χ2v) is 7.06. The highest BCUT2D eigenvalue weighted by molar-refractivity contribution is 5.71. The molecule has 1 aliphatic carbocycles. The number of carbonyl (C=O) groups is 6. The van der Waals surface area contributed by atoms with Crippen LogP contribution >= 0.6 is 0 Å². The molecule has 0 unspecified atom stereocenters. The molecule has 0 saturated heterocycles. The number of ether oxygens (including phenoxy) is 6. The SMILES string of the molecule is CC(=O)OC1[C@@H](OC(C)=O)[C@@H](OC(C)=O)C(C)(OC(C)=O)[C@H](OC(C)=O)[C@@H]1OC(C)=O. The number of hydrogen-bond donors (Lipinski definition) is 0. The molecular formula is C19H26O12. The molecule has 12 nitrogen and oxygen atoms in total. The monoisotopic (exact) mass is 446 g/mol. The molecule has 4 atom stereocenters. The van der Waals surface area contributed by atoms with Crippen LogP contribution in [-0.4, -0.2) is 71.9 Å². The van der Waals surface area contributed by atoms with Gasteiger partial charge in [-0.2, -0.15) is 0 Å². The zero-order valence-electron chi connectivity index (χ0n) is 18.3. The Balaban J connectivity index is 3.82. The smallest absolute Gasteiger partial charge is 0.303 e. The zero-order chi connectivity index (χ0) is 24.1. The van der Waals surface area contributed by atoms with Crippen LogP contribution < -0.4 is 0 Å². The van der Waals surface area contributed by atoms with E-state index in [1.54, 1.807) is 0 Å². The quantitative estimate of drug-likeness (QED) is 0.397. The molecule has 12 heteroatoms. The lowest BCUT2D eigenvalue weighted by Crippen LogP contribution is -2.74. The van der Waals surface area contributed by atoms with Gasteiger partial charge in [0.2, 0.25) is 0 Å². The van der Waals surface area contributed by atoms with E-state index < -0.39 is 71.9 Å². The van der Waals surface area contributed by atoms with Gasteiger partial charge in [0, 0.05) is 41.5 Å². The molecule has 1 saturated carbocycles. The Kier molecular flexibility index (Phi) is 8.53. The van der Waals surface area contributed by atoms with Gasteiger partial charge < -0.3 is 28.4 Å². The van der Waals surface area contributed by atoms with Crippen LogP contribution in [0.25, 0.3) is 0 Å². The zero-order valence-corrected chi connectivity index (χ0v) is 18.3. The summed E-state index contributed by atoms with van der Waals surface area (Å²) in [5, 5.41) is 0. The van der Waals surface area contributed by atoms with Crippen LogP contribution in [0.15, 0.2) is 0 Å². The fraction of sp³-hybridized carbons (Fsp3) is 0.684. The number of hydrogen-bond acceptors (Lipinski definition) is 12. The predicted octanol–water partition coefficient (Wildman–Crippen LogP) is -0.0197. The molecule has 0 heterocycles. The molecule has 0 aromatic heterocycles. The van der Waals surface area contributed by atoms with Crippen LogP contribution in [0.5, 0.6) is 0 Å². The van der Waals surface area contributed by atoms with E-state index in [-0.39, 0.29) is 0 Å². The molecule has 0 amide bonds. The van der Waals surface area contributed by atoms with Crippen LogP contribution in [0.4, 0.5) is 0 Å². The van der Waals surface area contributed by atoms with Crippen molar-refractivity contribution in [2.45, 2.75) is 84.6 Å². The lowest BCUT2D eigenvalue weighted by molar-refractivity contribution is -0.285. The van der Waals surface area contributed by atoms with Crippen LogP contribution in [0.2, 0.25) is 0 Å². The van der Waals surface area contributed by atoms with E-state index in [1.165, 1.54) is 6.92 Å². The minimum atomic E-state index is -2.00. The molecule has 0 aromatic rings. The van der Waals surface area contributed by atoms with Gasteiger partial charge in [-0.3, -0.25) is 28.8 Å². The minimum absolute atomic E-state index is 0.862. The van der Waals surface area contributed by atoms with E-state index in [0.717, 1.165) is 41.5 Å². The van der Waals surface area contributed by atoms with Crippen molar-refractivity contribution < 1.29 is 57.2 Å². The lowest BCUT2D eigenvalue weighted by Gasteiger charge is -2.52. The second-order valence-electron chi connectivity index (χ2n) is 7.06. The van der Waals surface area contributed by atoms with Crippen LogP contribution in [0, 0.1) is 0 Å². The summed E-state index contributed by atoms with van der Waals surface area (Å²) in [5.41, 5.74) is -2.00. The topological polar surface area (TPSA) is 158 Å². The molecule has 0 aromatic carbocycles. The van der Waals surface area contributed by atoms with Crippen molar-refractivity contribution in [3.63, 3.8) is 0 Å². The largest absolute Gasteiger partial charge is 0.454 e. The van der Waals surface area contributed by atoms with Crippen molar-refractivity contribution in [3.8, 4) is 0 Å². The maximum absolute atomic E-state index is 11.9. The van der Waals surface area contributed by atoms with Gasteiger partial charge in [-0.05, 0) is 6.92 Å². The molecule has 0 aliphatic heterocycles. The van der Waals surface area contributed by atoms with E-state index in [2.05, 4.69) is 0 Å². The van der Waals surface area contributed by atoms with Gasteiger partial charge in [0.15, 0.2) is 36.1 Å². The van der Waals surface area contributed by atoms with Crippen molar-refractivity contribution in [2.24, 2.45) is 0 Å². The lowest BCUT2D eigenvalue weighted by atomic mass is 9.74. The van der Waals surface area contributed by atoms with Crippen molar-refractivity contribution in [2.75, 3.05) is 0 Å². The van der Waals surface area contributed by atoms with Crippen molar-refractivity contribution >= 4 is 35.8 Å². The molecule has 31 heavy (non-hydrogen) atoms. The maximum Gasteiger partial charge on any atom is 0.303 e. The van der Waals surface area contributed by atoms with E-state index in [9.17, 15) is 28.8 Å². The first-order valence-electron chi connectivity index (χ1n) is 9.24. The Morgan fingerprint density at radius 2 is 0.774 bits per heavy atom. The Labute approximate surface area is 178 Å². The van der Waals surface area contributed by atoms with E-state index in [4.69, 9.17) is 28.4 Å². The average molecular weight is 446 g/mol. The van der Waals surface area contributed by atoms with Crippen LogP contribution in [0.1, 0.15) is 48.5 Å². The normalized spacial score (nSPS) is 29.7. The molecular weight excluding hydrogens is 420 g/mol. The number of rotatable bonds is 6. The summed E-state index contributed by atoms with van der Waals surface area (Å²) in [6, 6.07) is 0. The summed E-state index contributed by atoms with van der Waals surface area (Å²) in [6.07, 6.45) is -7.92. The minimum Gasteiger partial charge on any atom is -0.454 e. The molecule has 174 valence electrons.